The largest absolute Gasteiger partial charge is 0.378 e. The molecule has 15 heavy (non-hydrogen) atoms. The highest BCUT2D eigenvalue weighted by Gasteiger charge is 2.47. The van der Waals surface area contributed by atoms with Crippen LogP contribution in [0.1, 0.15) is 6.42 Å². The Labute approximate surface area is 88.8 Å². The molecule has 1 aliphatic heterocycles. The molecule has 0 bridgehead atoms. The molecular weight excluding hydrogens is 190 g/mol. The second-order valence-corrected chi connectivity index (χ2v) is 3.64. The summed E-state index contributed by atoms with van der Waals surface area (Å²) in [6, 6.07) is -0.203. The van der Waals surface area contributed by atoms with Crippen LogP contribution >= 0.6 is 0 Å². The zero-order valence-corrected chi connectivity index (χ0v) is 8.40. The lowest BCUT2D eigenvalue weighted by Crippen LogP contribution is -2.63. The van der Waals surface area contributed by atoms with Crippen LogP contribution in [0.5, 0.6) is 0 Å². The van der Waals surface area contributed by atoms with Gasteiger partial charge < -0.3 is 10.0 Å². The highest BCUT2D eigenvalue weighted by Crippen LogP contribution is 2.29. The first kappa shape index (κ1) is 9.83. The van der Waals surface area contributed by atoms with E-state index in [4.69, 9.17) is 0 Å². The summed E-state index contributed by atoms with van der Waals surface area (Å²) in [6.07, 6.45) is 2.96. The first-order valence-electron chi connectivity index (χ1n) is 4.81. The molecule has 1 fully saturated rings. The van der Waals surface area contributed by atoms with E-state index in [9.17, 15) is 9.90 Å². The van der Waals surface area contributed by atoms with E-state index in [1.165, 1.54) is 4.90 Å². The lowest BCUT2D eigenvalue weighted by Gasteiger charge is -2.45. The Balaban J connectivity index is 2.26. The number of hydrogen-bond acceptors (Lipinski definition) is 2. The van der Waals surface area contributed by atoms with E-state index in [0.29, 0.717) is 6.42 Å². The summed E-state index contributed by atoms with van der Waals surface area (Å²) in [5.41, 5.74) is 0. The van der Waals surface area contributed by atoms with Crippen molar-refractivity contribution in [1.29, 1.82) is 0 Å². The Morgan fingerprint density at radius 3 is 3.00 bits per heavy atom. The van der Waals surface area contributed by atoms with E-state index in [2.05, 4.69) is 23.7 Å². The molecule has 2 rings (SSSR count). The molecule has 0 unspecified atom stereocenters. The van der Waals surface area contributed by atoms with Crippen LogP contribution in [0.2, 0.25) is 0 Å². The molecule has 1 heterocycles. The summed E-state index contributed by atoms with van der Waals surface area (Å²) in [4.78, 5) is 13.0. The first-order valence-corrected chi connectivity index (χ1v) is 4.81. The number of nitrogens with zero attached hydrogens (tertiary/aromatic N) is 1. The molecule has 1 N–H and O–H groups in total. The van der Waals surface area contributed by atoms with Gasteiger partial charge in [0.1, 0.15) is 6.10 Å². The highest BCUT2D eigenvalue weighted by atomic mass is 16.3. The van der Waals surface area contributed by atoms with Gasteiger partial charge in [-0.3, -0.25) is 4.79 Å². The summed E-state index contributed by atoms with van der Waals surface area (Å²) in [5, 5.41) is 9.76. The fraction of sp³-hybridized carbons (Fsp3) is 0.417. The maximum Gasteiger partial charge on any atom is 0.229 e. The van der Waals surface area contributed by atoms with E-state index >= 15 is 0 Å². The summed E-state index contributed by atoms with van der Waals surface area (Å²) >= 11 is 0. The molecule has 2 aliphatic rings. The third-order valence-corrected chi connectivity index (χ3v) is 2.75. The fourth-order valence-corrected chi connectivity index (χ4v) is 1.91. The van der Waals surface area contributed by atoms with Crippen LogP contribution < -0.4 is 0 Å². The molecule has 0 radical (unpaired) electrons. The Bertz CT molecular complexity index is 430. The topological polar surface area (TPSA) is 40.5 Å². The van der Waals surface area contributed by atoms with Crippen molar-refractivity contribution in [3.63, 3.8) is 0 Å². The quantitative estimate of drug-likeness (QED) is 0.434. The highest BCUT2D eigenvalue weighted by molar-refractivity contribution is 5.86. The molecule has 0 saturated carbocycles. The predicted octanol–water partition coefficient (Wildman–Crippen LogP) is -0.229. The van der Waals surface area contributed by atoms with Crippen LogP contribution in [0.15, 0.2) is 12.2 Å². The van der Waals surface area contributed by atoms with Crippen molar-refractivity contribution in [2.24, 2.45) is 5.92 Å². The molecule has 1 aliphatic carbocycles. The first-order chi connectivity index (χ1) is 7.22. The average Bonchev–Trinajstić information content (AvgIpc) is 2.25. The van der Waals surface area contributed by atoms with Gasteiger partial charge in [0.25, 0.3) is 0 Å². The van der Waals surface area contributed by atoms with Gasteiger partial charge in [-0.2, -0.15) is 0 Å². The van der Waals surface area contributed by atoms with E-state index in [1.54, 1.807) is 19.2 Å². The smallest absolute Gasteiger partial charge is 0.229 e. The van der Waals surface area contributed by atoms with E-state index in [1.807, 2.05) is 0 Å². The van der Waals surface area contributed by atoms with Gasteiger partial charge in [0.15, 0.2) is 0 Å². The lowest BCUT2D eigenvalue weighted by molar-refractivity contribution is -0.158. The zero-order chi connectivity index (χ0) is 10.8. The monoisotopic (exact) mass is 201 g/mol. The number of aliphatic hydroxyl groups excluding tert-OH is 1. The minimum atomic E-state index is -0.776. The number of rotatable bonds is 0. The second kappa shape index (κ2) is 3.81. The number of likely N-dealkylation sites (N-methyl/N-ethyl adjacent to an activating group) is 1. The molecule has 0 aromatic rings. The van der Waals surface area contributed by atoms with Crippen molar-refractivity contribution in [2.45, 2.75) is 18.6 Å². The maximum absolute atomic E-state index is 11.5. The molecule has 1 amide bonds. The summed E-state index contributed by atoms with van der Waals surface area (Å²) in [5.74, 6) is 10.9. The van der Waals surface area contributed by atoms with Crippen molar-refractivity contribution in [1.82, 2.24) is 4.90 Å². The summed E-state index contributed by atoms with van der Waals surface area (Å²) < 4.78 is 0. The summed E-state index contributed by atoms with van der Waals surface area (Å²) in [7, 11) is 1.68. The average molecular weight is 201 g/mol. The predicted molar refractivity (Wildman–Crippen MR) is 55.4 cm³/mol. The van der Waals surface area contributed by atoms with Crippen LogP contribution in [-0.2, 0) is 4.79 Å². The SMILES string of the molecule is CN1C(=O)[C@H]2CC#C/C=C\C#C[C@H](O)[C@@H]21. The van der Waals surface area contributed by atoms with Crippen LogP contribution in [0.3, 0.4) is 0 Å². The van der Waals surface area contributed by atoms with Crippen molar-refractivity contribution in [2.75, 3.05) is 7.05 Å². The van der Waals surface area contributed by atoms with Crippen LogP contribution in [-0.4, -0.2) is 35.1 Å². The van der Waals surface area contributed by atoms with Gasteiger partial charge in [-0.05, 0) is 12.2 Å². The van der Waals surface area contributed by atoms with Crippen LogP contribution in [0.25, 0.3) is 0 Å². The molecule has 3 heteroatoms. The molecule has 76 valence electrons. The van der Waals surface area contributed by atoms with Crippen LogP contribution in [0, 0.1) is 29.6 Å². The number of amides is 1. The third kappa shape index (κ3) is 1.63. The Hall–Kier alpha value is -1.71. The van der Waals surface area contributed by atoms with Crippen molar-refractivity contribution in [3.05, 3.63) is 12.2 Å². The Morgan fingerprint density at radius 1 is 1.47 bits per heavy atom. The number of carbonyl (C=O) groups is 1. The minimum Gasteiger partial charge on any atom is -0.378 e. The number of aliphatic hydroxyl groups is 1. The maximum atomic E-state index is 11.5. The minimum absolute atomic E-state index is 0.0414. The standard InChI is InChI=1S/C12H11NO2/c1-13-11-9(12(13)15)7-5-3-2-4-6-8-10(11)14/h2,4,9-11,14H,7H2,1H3/b4-2-/t9-,10-,11+/m0/s1. The Kier molecular flexibility index (Phi) is 2.49. The lowest BCUT2D eigenvalue weighted by atomic mass is 9.82. The number of β-lactam (4-membered cyclic amide) rings is 1. The number of carbonyl (C=O) groups excluding carboxylic acids is 1. The van der Waals surface area contributed by atoms with Gasteiger partial charge in [0.2, 0.25) is 5.91 Å². The van der Waals surface area contributed by atoms with Gasteiger partial charge in [-0.1, -0.05) is 23.7 Å². The summed E-state index contributed by atoms with van der Waals surface area (Å²) in [6.45, 7) is 0. The van der Waals surface area contributed by atoms with E-state index in [0.717, 1.165) is 0 Å². The number of hydrogen-bond donors (Lipinski definition) is 1. The van der Waals surface area contributed by atoms with Crippen molar-refractivity contribution >= 4 is 5.91 Å². The van der Waals surface area contributed by atoms with Crippen molar-refractivity contribution < 1.29 is 9.90 Å². The van der Waals surface area contributed by atoms with E-state index in [-0.39, 0.29) is 17.9 Å². The van der Waals surface area contributed by atoms with Gasteiger partial charge in [-0.15, -0.1) is 0 Å². The molecule has 1 saturated heterocycles. The molecule has 0 spiro atoms. The third-order valence-electron chi connectivity index (χ3n) is 2.75. The molecular formula is C12H11NO2. The van der Waals surface area contributed by atoms with Crippen LogP contribution in [0.4, 0.5) is 0 Å². The van der Waals surface area contributed by atoms with Gasteiger partial charge in [0, 0.05) is 13.5 Å². The number of likely N-dealkylation sites (tertiary alicyclic amines) is 1. The Morgan fingerprint density at radius 2 is 2.20 bits per heavy atom. The molecule has 0 aromatic carbocycles. The normalized spacial score (nSPS) is 34.9. The van der Waals surface area contributed by atoms with Gasteiger partial charge >= 0.3 is 0 Å². The molecule has 3 nitrogen and oxygen atoms in total. The molecule has 3 atom stereocenters. The number of fused-ring (bicyclic) bond motifs is 1. The van der Waals surface area contributed by atoms with Gasteiger partial charge in [0.05, 0.1) is 12.0 Å². The number of allylic oxidation sites excluding steroid dienone is 2. The second-order valence-electron chi connectivity index (χ2n) is 3.64. The van der Waals surface area contributed by atoms with Gasteiger partial charge in [-0.25, -0.2) is 0 Å². The van der Waals surface area contributed by atoms with E-state index < -0.39 is 6.10 Å². The van der Waals surface area contributed by atoms with Crippen molar-refractivity contribution in [3.8, 4) is 23.7 Å². The molecule has 0 aromatic heterocycles. The fourth-order valence-electron chi connectivity index (χ4n) is 1.91. The zero-order valence-electron chi connectivity index (χ0n) is 8.40.